The topological polar surface area (TPSA) is 69.6 Å². The third-order valence-electron chi connectivity index (χ3n) is 3.70. The Kier molecular flexibility index (Phi) is 3.92. The number of aromatic carboxylic acids is 1. The lowest BCUT2D eigenvalue weighted by atomic mass is 10.1. The maximum absolute atomic E-state index is 13.5. The van der Waals surface area contributed by atoms with Gasteiger partial charge in [0.1, 0.15) is 11.4 Å². The first-order valence-electron chi connectivity index (χ1n) is 6.47. The van der Waals surface area contributed by atoms with E-state index < -0.39 is 23.4 Å². The molecule has 2 amide bonds. The molecule has 1 aliphatic carbocycles. The summed E-state index contributed by atoms with van der Waals surface area (Å²) in [6, 6.07) is 3.44. The first-order valence-corrected chi connectivity index (χ1v) is 6.47. The number of urea groups is 1. The van der Waals surface area contributed by atoms with Crippen LogP contribution in [-0.2, 0) is 0 Å². The highest BCUT2D eigenvalue weighted by Gasteiger charge is 2.32. The van der Waals surface area contributed by atoms with Gasteiger partial charge in [-0.3, -0.25) is 0 Å². The zero-order valence-corrected chi connectivity index (χ0v) is 11.4. The Balaban J connectivity index is 2.15. The summed E-state index contributed by atoms with van der Waals surface area (Å²) < 4.78 is 13.5. The van der Waals surface area contributed by atoms with Crippen LogP contribution >= 0.6 is 0 Å². The Morgan fingerprint density at radius 1 is 1.45 bits per heavy atom. The molecule has 0 aromatic heterocycles. The van der Waals surface area contributed by atoms with E-state index in [0.717, 1.165) is 18.9 Å². The number of carboxylic acid groups (broad SMARTS) is 1. The molecule has 1 saturated carbocycles. The molecule has 108 valence electrons. The number of amides is 2. The maximum Gasteiger partial charge on any atom is 0.340 e. The van der Waals surface area contributed by atoms with Gasteiger partial charge in [0.2, 0.25) is 0 Å². The molecule has 0 radical (unpaired) electrons. The minimum Gasteiger partial charge on any atom is -0.478 e. The van der Waals surface area contributed by atoms with Crippen molar-refractivity contribution in [3.8, 4) is 0 Å². The van der Waals surface area contributed by atoms with Gasteiger partial charge in [0.25, 0.3) is 0 Å². The van der Waals surface area contributed by atoms with E-state index in [9.17, 15) is 14.0 Å². The monoisotopic (exact) mass is 280 g/mol. The van der Waals surface area contributed by atoms with Crippen LogP contribution in [0.15, 0.2) is 18.2 Å². The number of rotatable bonds is 4. The molecular formula is C14H17FN2O3. The summed E-state index contributed by atoms with van der Waals surface area (Å²) in [7, 11) is 1.65. The Hall–Kier alpha value is -2.11. The summed E-state index contributed by atoms with van der Waals surface area (Å²) >= 11 is 0. The lowest BCUT2D eigenvalue weighted by Gasteiger charge is -2.25. The van der Waals surface area contributed by atoms with E-state index in [1.54, 1.807) is 7.05 Å². The lowest BCUT2D eigenvalue weighted by Crippen LogP contribution is -2.39. The molecule has 1 aromatic carbocycles. The van der Waals surface area contributed by atoms with Crippen molar-refractivity contribution in [1.82, 2.24) is 4.90 Å². The highest BCUT2D eigenvalue weighted by molar-refractivity contribution is 6.00. The lowest BCUT2D eigenvalue weighted by molar-refractivity contribution is 0.0693. The van der Waals surface area contributed by atoms with E-state index in [0.29, 0.717) is 5.92 Å². The fourth-order valence-electron chi connectivity index (χ4n) is 2.13. The molecule has 0 bridgehead atoms. The molecule has 1 fully saturated rings. The summed E-state index contributed by atoms with van der Waals surface area (Å²) in [5, 5.41) is 11.5. The molecular weight excluding hydrogens is 263 g/mol. The zero-order chi connectivity index (χ0) is 14.9. The summed E-state index contributed by atoms with van der Waals surface area (Å²) in [6.07, 6.45) is 2.19. The molecule has 1 unspecified atom stereocenters. The normalized spacial score (nSPS) is 15.6. The molecule has 1 aromatic rings. The number of carbonyl (C=O) groups is 2. The van der Waals surface area contributed by atoms with Gasteiger partial charge in [-0.25, -0.2) is 14.0 Å². The van der Waals surface area contributed by atoms with Crippen molar-refractivity contribution in [3.63, 3.8) is 0 Å². The number of halogens is 1. The van der Waals surface area contributed by atoms with Gasteiger partial charge in [0.15, 0.2) is 0 Å². The smallest absolute Gasteiger partial charge is 0.340 e. The third kappa shape index (κ3) is 2.89. The van der Waals surface area contributed by atoms with Gasteiger partial charge in [0.05, 0.1) is 5.69 Å². The molecule has 1 atom stereocenters. The van der Waals surface area contributed by atoms with Gasteiger partial charge >= 0.3 is 12.0 Å². The van der Waals surface area contributed by atoms with Gasteiger partial charge in [-0.05, 0) is 37.8 Å². The van der Waals surface area contributed by atoms with E-state index >= 15 is 0 Å². The quantitative estimate of drug-likeness (QED) is 0.891. The summed E-state index contributed by atoms with van der Waals surface area (Å²) in [4.78, 5) is 24.6. The van der Waals surface area contributed by atoms with Crippen LogP contribution in [0.5, 0.6) is 0 Å². The van der Waals surface area contributed by atoms with E-state index in [-0.39, 0.29) is 11.7 Å². The minimum absolute atomic E-state index is 0.0302. The average Bonchev–Trinajstić information content (AvgIpc) is 3.20. The second-order valence-corrected chi connectivity index (χ2v) is 5.09. The van der Waals surface area contributed by atoms with Crippen molar-refractivity contribution in [3.05, 3.63) is 29.6 Å². The van der Waals surface area contributed by atoms with Crippen molar-refractivity contribution in [2.24, 2.45) is 5.92 Å². The summed E-state index contributed by atoms with van der Waals surface area (Å²) in [5.74, 6) is -1.78. The second-order valence-electron chi connectivity index (χ2n) is 5.09. The number of nitrogens with one attached hydrogen (secondary N) is 1. The number of carboxylic acids is 1. The summed E-state index contributed by atoms with van der Waals surface area (Å²) in [6.45, 7) is 1.95. The van der Waals surface area contributed by atoms with Crippen LogP contribution in [0.4, 0.5) is 14.9 Å². The molecule has 20 heavy (non-hydrogen) atoms. The number of carbonyl (C=O) groups excluding carboxylic acids is 1. The standard InChI is InChI=1S/C14H17FN2O3/c1-8(9-6-7-9)17(2)14(20)16-11-5-3-4-10(15)12(11)13(18)19/h3-5,8-9H,6-7H2,1-2H3,(H,16,20)(H,18,19). The number of anilines is 1. The first-order chi connectivity index (χ1) is 9.41. The van der Waals surface area contributed by atoms with E-state index in [1.165, 1.54) is 17.0 Å². The van der Waals surface area contributed by atoms with Crippen LogP contribution in [0.1, 0.15) is 30.1 Å². The van der Waals surface area contributed by atoms with Crippen LogP contribution in [-0.4, -0.2) is 35.1 Å². The van der Waals surface area contributed by atoms with Gasteiger partial charge in [-0.1, -0.05) is 6.07 Å². The van der Waals surface area contributed by atoms with Crippen molar-refractivity contribution in [2.45, 2.75) is 25.8 Å². The van der Waals surface area contributed by atoms with Crippen molar-refractivity contribution >= 4 is 17.7 Å². The average molecular weight is 280 g/mol. The van der Waals surface area contributed by atoms with Gasteiger partial charge < -0.3 is 15.3 Å². The Morgan fingerprint density at radius 2 is 2.10 bits per heavy atom. The molecule has 0 aliphatic heterocycles. The Morgan fingerprint density at radius 3 is 2.65 bits per heavy atom. The number of hydrogen-bond acceptors (Lipinski definition) is 2. The fraction of sp³-hybridized carbons (Fsp3) is 0.429. The highest BCUT2D eigenvalue weighted by Crippen LogP contribution is 2.34. The third-order valence-corrected chi connectivity index (χ3v) is 3.70. The maximum atomic E-state index is 13.5. The molecule has 0 heterocycles. The van der Waals surface area contributed by atoms with Crippen LogP contribution in [0.3, 0.4) is 0 Å². The largest absolute Gasteiger partial charge is 0.478 e. The van der Waals surface area contributed by atoms with Crippen LogP contribution < -0.4 is 5.32 Å². The number of hydrogen-bond donors (Lipinski definition) is 2. The zero-order valence-electron chi connectivity index (χ0n) is 11.4. The van der Waals surface area contributed by atoms with Gasteiger partial charge in [-0.15, -0.1) is 0 Å². The molecule has 2 N–H and O–H groups in total. The van der Waals surface area contributed by atoms with Gasteiger partial charge in [0, 0.05) is 13.1 Å². The molecule has 0 spiro atoms. The van der Waals surface area contributed by atoms with Crippen molar-refractivity contribution in [2.75, 3.05) is 12.4 Å². The predicted molar refractivity (Wildman–Crippen MR) is 72.3 cm³/mol. The molecule has 1 aliphatic rings. The number of benzene rings is 1. The second kappa shape index (κ2) is 5.48. The van der Waals surface area contributed by atoms with Gasteiger partial charge in [-0.2, -0.15) is 0 Å². The first kappa shape index (κ1) is 14.3. The molecule has 6 heteroatoms. The van der Waals surface area contributed by atoms with E-state index in [2.05, 4.69) is 5.32 Å². The van der Waals surface area contributed by atoms with Crippen molar-refractivity contribution in [1.29, 1.82) is 0 Å². The predicted octanol–water partition coefficient (Wildman–Crippen LogP) is 2.79. The minimum atomic E-state index is -1.41. The molecule has 5 nitrogen and oxygen atoms in total. The Bertz CT molecular complexity index is 543. The van der Waals surface area contributed by atoms with Crippen molar-refractivity contribution < 1.29 is 19.1 Å². The van der Waals surface area contributed by atoms with Crippen LogP contribution in [0.25, 0.3) is 0 Å². The van der Waals surface area contributed by atoms with Crippen LogP contribution in [0.2, 0.25) is 0 Å². The van der Waals surface area contributed by atoms with Crippen LogP contribution in [0, 0.1) is 11.7 Å². The highest BCUT2D eigenvalue weighted by atomic mass is 19.1. The fourth-order valence-corrected chi connectivity index (χ4v) is 2.13. The molecule has 2 rings (SSSR count). The molecule has 0 saturated heterocycles. The SMILES string of the molecule is CC(C1CC1)N(C)C(=O)Nc1cccc(F)c1C(=O)O. The summed E-state index contributed by atoms with van der Waals surface area (Å²) in [5.41, 5.74) is -0.550. The number of nitrogens with zero attached hydrogens (tertiary/aromatic N) is 1. The van der Waals surface area contributed by atoms with E-state index in [4.69, 9.17) is 5.11 Å². The van der Waals surface area contributed by atoms with E-state index in [1.807, 2.05) is 6.92 Å². The Labute approximate surface area is 116 Å².